The Labute approximate surface area is 152 Å². The van der Waals surface area contributed by atoms with Gasteiger partial charge in [-0.2, -0.15) is 0 Å². The van der Waals surface area contributed by atoms with Gasteiger partial charge in [-0.05, 0) is 53.6 Å². The molecule has 1 aliphatic carbocycles. The first-order valence-electron chi connectivity index (χ1n) is 8.77. The van der Waals surface area contributed by atoms with Crippen LogP contribution in [0.3, 0.4) is 0 Å². The number of para-hydroxylation sites is 1. The highest BCUT2D eigenvalue weighted by atomic mass is 16.5. The number of amides is 1. The van der Waals surface area contributed by atoms with Crippen LogP contribution in [0.4, 0.5) is 0 Å². The third kappa shape index (κ3) is 2.90. The van der Waals surface area contributed by atoms with Crippen LogP contribution in [0.15, 0.2) is 48.7 Å². The first kappa shape index (κ1) is 16.5. The second-order valence-electron chi connectivity index (χ2n) is 6.57. The van der Waals surface area contributed by atoms with E-state index in [1.54, 1.807) is 14.2 Å². The van der Waals surface area contributed by atoms with Crippen LogP contribution in [-0.4, -0.2) is 24.7 Å². The Hall–Kier alpha value is -2.95. The van der Waals surface area contributed by atoms with E-state index in [1.807, 2.05) is 47.2 Å². The van der Waals surface area contributed by atoms with E-state index in [0.717, 1.165) is 35.1 Å². The fourth-order valence-corrected chi connectivity index (χ4v) is 3.76. The number of hydrogen-bond donors (Lipinski definition) is 1. The third-order valence-electron chi connectivity index (χ3n) is 5.05. The van der Waals surface area contributed by atoms with E-state index < -0.39 is 0 Å². The van der Waals surface area contributed by atoms with E-state index in [2.05, 4.69) is 11.4 Å². The van der Waals surface area contributed by atoms with Crippen molar-refractivity contribution in [2.45, 2.75) is 25.4 Å². The lowest BCUT2D eigenvalue weighted by molar-refractivity contribution is -0.122. The molecule has 1 amide bonds. The molecule has 0 saturated heterocycles. The van der Waals surface area contributed by atoms with Crippen LogP contribution in [0, 0.1) is 0 Å². The first-order chi connectivity index (χ1) is 12.7. The predicted molar refractivity (Wildman–Crippen MR) is 101 cm³/mol. The molecule has 134 valence electrons. The highest BCUT2D eigenvalue weighted by molar-refractivity contribution is 5.83. The monoisotopic (exact) mass is 350 g/mol. The van der Waals surface area contributed by atoms with Crippen molar-refractivity contribution in [3.8, 4) is 11.5 Å². The molecule has 1 heterocycles. The standard InChI is InChI=1S/C21H22N2O3/c1-25-19-11-15-7-8-17(16(15)12-20(19)26-2)22-21(24)13-23-10-9-14-5-3-4-6-18(14)23/h3-6,9-12,17H,7-8,13H2,1-2H3,(H,22,24)/t17-/m0/s1. The summed E-state index contributed by atoms with van der Waals surface area (Å²) in [5.74, 6) is 1.44. The van der Waals surface area contributed by atoms with Crippen LogP contribution in [0.5, 0.6) is 11.5 Å². The number of carbonyl (C=O) groups excluding carboxylic acids is 1. The smallest absolute Gasteiger partial charge is 0.240 e. The van der Waals surface area contributed by atoms with Gasteiger partial charge < -0.3 is 19.4 Å². The maximum Gasteiger partial charge on any atom is 0.240 e. The van der Waals surface area contributed by atoms with E-state index in [9.17, 15) is 4.79 Å². The van der Waals surface area contributed by atoms with Gasteiger partial charge in [-0.3, -0.25) is 4.79 Å². The van der Waals surface area contributed by atoms with Gasteiger partial charge in [0.05, 0.1) is 20.3 Å². The lowest BCUT2D eigenvalue weighted by Gasteiger charge is -2.17. The number of aryl methyl sites for hydroxylation is 1. The summed E-state index contributed by atoms with van der Waals surface area (Å²) in [6.45, 7) is 0.312. The molecular weight excluding hydrogens is 328 g/mol. The number of hydrogen-bond acceptors (Lipinski definition) is 3. The molecule has 1 aliphatic rings. The zero-order chi connectivity index (χ0) is 18.1. The Balaban J connectivity index is 1.51. The number of carbonyl (C=O) groups is 1. The van der Waals surface area contributed by atoms with Crippen molar-refractivity contribution < 1.29 is 14.3 Å². The molecule has 5 heteroatoms. The summed E-state index contributed by atoms with van der Waals surface area (Å²) >= 11 is 0. The molecule has 0 spiro atoms. The van der Waals surface area contributed by atoms with Crippen molar-refractivity contribution in [1.29, 1.82) is 0 Å². The van der Waals surface area contributed by atoms with E-state index in [-0.39, 0.29) is 11.9 Å². The molecule has 0 bridgehead atoms. The van der Waals surface area contributed by atoms with Gasteiger partial charge >= 0.3 is 0 Å². The SMILES string of the molecule is COc1cc2c(cc1OC)[C@@H](NC(=O)Cn1ccc3ccccc31)CC2. The van der Waals surface area contributed by atoms with Crippen LogP contribution in [0.1, 0.15) is 23.6 Å². The average molecular weight is 350 g/mol. The lowest BCUT2D eigenvalue weighted by atomic mass is 10.1. The zero-order valence-electron chi connectivity index (χ0n) is 15.0. The molecule has 3 aromatic rings. The van der Waals surface area contributed by atoms with E-state index in [0.29, 0.717) is 12.3 Å². The van der Waals surface area contributed by atoms with Crippen LogP contribution >= 0.6 is 0 Å². The Morgan fingerprint density at radius 1 is 1.15 bits per heavy atom. The summed E-state index contributed by atoms with van der Waals surface area (Å²) in [5.41, 5.74) is 3.40. The molecule has 26 heavy (non-hydrogen) atoms. The number of methoxy groups -OCH3 is 2. The van der Waals surface area contributed by atoms with Crippen molar-refractivity contribution >= 4 is 16.8 Å². The summed E-state index contributed by atoms with van der Waals surface area (Å²) in [4.78, 5) is 12.6. The Kier molecular flexibility index (Phi) is 4.29. The lowest BCUT2D eigenvalue weighted by Crippen LogP contribution is -2.30. The van der Waals surface area contributed by atoms with Crippen LogP contribution in [-0.2, 0) is 17.8 Å². The third-order valence-corrected chi connectivity index (χ3v) is 5.05. The zero-order valence-corrected chi connectivity index (χ0v) is 15.0. The fourth-order valence-electron chi connectivity index (χ4n) is 3.76. The van der Waals surface area contributed by atoms with E-state index >= 15 is 0 Å². The maximum atomic E-state index is 12.6. The second kappa shape index (κ2) is 6.75. The van der Waals surface area contributed by atoms with Crippen molar-refractivity contribution in [1.82, 2.24) is 9.88 Å². The molecule has 0 saturated carbocycles. The van der Waals surface area contributed by atoms with Gasteiger partial charge in [-0.25, -0.2) is 0 Å². The molecule has 1 N–H and O–H groups in total. The highest BCUT2D eigenvalue weighted by Crippen LogP contribution is 2.39. The Morgan fingerprint density at radius 3 is 2.73 bits per heavy atom. The summed E-state index contributed by atoms with van der Waals surface area (Å²) < 4.78 is 12.8. The van der Waals surface area contributed by atoms with Gasteiger partial charge in [0, 0.05) is 11.7 Å². The number of nitrogens with one attached hydrogen (secondary N) is 1. The van der Waals surface area contributed by atoms with Crippen molar-refractivity contribution in [3.63, 3.8) is 0 Å². The molecule has 1 aromatic heterocycles. The molecule has 1 atom stereocenters. The number of nitrogens with zero attached hydrogens (tertiary/aromatic N) is 1. The number of aromatic nitrogens is 1. The Bertz CT molecular complexity index is 961. The molecule has 0 fully saturated rings. The number of rotatable bonds is 5. The maximum absolute atomic E-state index is 12.6. The van der Waals surface area contributed by atoms with Gasteiger partial charge in [0.25, 0.3) is 0 Å². The molecule has 5 nitrogen and oxygen atoms in total. The van der Waals surface area contributed by atoms with Crippen LogP contribution < -0.4 is 14.8 Å². The van der Waals surface area contributed by atoms with Crippen LogP contribution in [0.25, 0.3) is 10.9 Å². The number of benzene rings is 2. The molecule has 0 radical (unpaired) electrons. The van der Waals surface area contributed by atoms with Crippen molar-refractivity contribution in [3.05, 3.63) is 59.8 Å². The predicted octanol–water partition coefficient (Wildman–Crippen LogP) is 3.46. The first-order valence-corrected chi connectivity index (χ1v) is 8.77. The summed E-state index contributed by atoms with van der Waals surface area (Å²) in [6.07, 6.45) is 3.78. The number of ether oxygens (including phenoxy) is 2. The quantitative estimate of drug-likeness (QED) is 0.767. The minimum Gasteiger partial charge on any atom is -0.493 e. The molecule has 0 unspecified atom stereocenters. The summed E-state index contributed by atoms with van der Waals surface area (Å²) in [7, 11) is 3.27. The minimum atomic E-state index is 0.0130. The van der Waals surface area contributed by atoms with E-state index in [4.69, 9.17) is 9.47 Å². The molecule has 2 aromatic carbocycles. The Morgan fingerprint density at radius 2 is 1.92 bits per heavy atom. The molecular formula is C21H22N2O3. The largest absolute Gasteiger partial charge is 0.493 e. The van der Waals surface area contributed by atoms with E-state index in [1.165, 1.54) is 5.56 Å². The summed E-state index contributed by atoms with van der Waals surface area (Å²) in [6, 6.07) is 14.1. The topological polar surface area (TPSA) is 52.5 Å². The number of fused-ring (bicyclic) bond motifs is 2. The summed E-state index contributed by atoms with van der Waals surface area (Å²) in [5, 5.41) is 4.31. The molecule has 0 aliphatic heterocycles. The minimum absolute atomic E-state index is 0.0130. The van der Waals surface area contributed by atoms with Gasteiger partial charge in [0.15, 0.2) is 11.5 Å². The fraction of sp³-hybridized carbons (Fsp3) is 0.286. The van der Waals surface area contributed by atoms with Crippen molar-refractivity contribution in [2.75, 3.05) is 14.2 Å². The second-order valence-corrected chi connectivity index (χ2v) is 6.57. The molecule has 4 rings (SSSR count). The van der Waals surface area contributed by atoms with Gasteiger partial charge in [0.2, 0.25) is 5.91 Å². The average Bonchev–Trinajstić information content (AvgIpc) is 3.25. The van der Waals surface area contributed by atoms with Gasteiger partial charge in [-0.1, -0.05) is 18.2 Å². The van der Waals surface area contributed by atoms with Crippen molar-refractivity contribution in [2.24, 2.45) is 0 Å². The van der Waals surface area contributed by atoms with Gasteiger partial charge in [0.1, 0.15) is 6.54 Å². The van der Waals surface area contributed by atoms with Gasteiger partial charge in [-0.15, -0.1) is 0 Å². The van der Waals surface area contributed by atoms with Crippen LogP contribution in [0.2, 0.25) is 0 Å². The normalized spacial score (nSPS) is 15.7. The highest BCUT2D eigenvalue weighted by Gasteiger charge is 2.26.